The van der Waals surface area contributed by atoms with Gasteiger partial charge in [-0.3, -0.25) is 4.79 Å². The Morgan fingerprint density at radius 1 is 1.16 bits per heavy atom. The van der Waals surface area contributed by atoms with E-state index in [9.17, 15) is 17.6 Å². The Morgan fingerprint density at radius 2 is 1.76 bits per heavy atom. The van der Waals surface area contributed by atoms with Crippen molar-refractivity contribution in [3.63, 3.8) is 0 Å². The Labute approximate surface area is 147 Å². The molecule has 0 radical (unpaired) electrons. The van der Waals surface area contributed by atoms with Crippen LogP contribution in [0.15, 0.2) is 53.4 Å². The van der Waals surface area contributed by atoms with Crippen molar-refractivity contribution in [2.24, 2.45) is 0 Å². The van der Waals surface area contributed by atoms with Gasteiger partial charge in [0.05, 0.1) is 0 Å². The highest BCUT2D eigenvalue weighted by Gasteiger charge is 2.33. The number of hydrogen-bond donors (Lipinski definition) is 1. The average Bonchev–Trinajstić information content (AvgIpc) is 2.57. The van der Waals surface area contributed by atoms with Crippen LogP contribution in [0.3, 0.4) is 0 Å². The molecule has 2 aromatic rings. The molecule has 5 nitrogen and oxygen atoms in total. The molecule has 2 rings (SSSR count). The molecule has 134 valence electrons. The average molecular weight is 364 g/mol. The van der Waals surface area contributed by atoms with E-state index in [0.717, 1.165) is 15.9 Å². The summed E-state index contributed by atoms with van der Waals surface area (Å²) in [5, 5.41) is 2.68. The Bertz CT molecular complexity index is 851. The molecule has 1 N–H and O–H groups in total. The molecule has 7 heteroatoms. The van der Waals surface area contributed by atoms with Gasteiger partial charge >= 0.3 is 0 Å². The fourth-order valence-electron chi connectivity index (χ4n) is 2.45. The minimum atomic E-state index is -4.13. The normalized spacial score (nSPS) is 12.8. The van der Waals surface area contributed by atoms with E-state index in [-0.39, 0.29) is 6.54 Å². The number of anilines is 1. The standard InChI is InChI=1S/C18H21FN2O3S/c1-4-21(25(23,24)17-8-6-5-7-16(17)19)14(3)18(22)20-15-11-9-13(2)10-12-15/h5-12,14H,4H2,1-3H3,(H,20,22)/t14-/m1/s1. The minimum absolute atomic E-state index is 0.0408. The molecule has 0 bridgehead atoms. The van der Waals surface area contributed by atoms with Crippen LogP contribution in [0.4, 0.5) is 10.1 Å². The number of hydrogen-bond acceptors (Lipinski definition) is 3. The number of benzene rings is 2. The van der Waals surface area contributed by atoms with Crippen molar-refractivity contribution in [2.75, 3.05) is 11.9 Å². The summed E-state index contributed by atoms with van der Waals surface area (Å²) in [6, 6.07) is 11.3. The van der Waals surface area contributed by atoms with Crippen LogP contribution in [0.5, 0.6) is 0 Å². The Kier molecular flexibility index (Phi) is 5.92. The number of nitrogens with zero attached hydrogens (tertiary/aromatic N) is 1. The number of aryl methyl sites for hydroxylation is 1. The first-order valence-electron chi connectivity index (χ1n) is 7.91. The first kappa shape index (κ1) is 19.1. The van der Waals surface area contributed by atoms with Gasteiger partial charge in [-0.2, -0.15) is 4.31 Å². The molecule has 0 fully saturated rings. The number of amides is 1. The summed E-state index contributed by atoms with van der Waals surface area (Å²) < 4.78 is 40.4. The van der Waals surface area contributed by atoms with Crippen molar-refractivity contribution in [3.8, 4) is 0 Å². The van der Waals surface area contributed by atoms with Gasteiger partial charge in [-0.25, -0.2) is 12.8 Å². The fourth-order valence-corrected chi connectivity index (χ4v) is 4.12. The lowest BCUT2D eigenvalue weighted by molar-refractivity contribution is -0.119. The topological polar surface area (TPSA) is 66.5 Å². The maximum absolute atomic E-state index is 13.9. The Balaban J connectivity index is 2.25. The third kappa shape index (κ3) is 4.24. The van der Waals surface area contributed by atoms with Gasteiger partial charge in [0.15, 0.2) is 0 Å². The van der Waals surface area contributed by atoms with Gasteiger partial charge in [-0.15, -0.1) is 0 Å². The lowest BCUT2D eigenvalue weighted by Crippen LogP contribution is -2.45. The molecule has 0 aliphatic rings. The first-order chi connectivity index (χ1) is 11.8. The van der Waals surface area contributed by atoms with Crippen molar-refractivity contribution in [1.82, 2.24) is 4.31 Å². The van der Waals surface area contributed by atoms with E-state index in [1.54, 1.807) is 19.1 Å². The second kappa shape index (κ2) is 7.76. The molecule has 0 unspecified atom stereocenters. The highest BCUT2D eigenvalue weighted by atomic mass is 32.2. The number of halogens is 1. The lowest BCUT2D eigenvalue weighted by atomic mass is 10.2. The zero-order valence-corrected chi connectivity index (χ0v) is 15.2. The first-order valence-corrected chi connectivity index (χ1v) is 9.35. The van der Waals surface area contributed by atoms with Crippen LogP contribution in [0.1, 0.15) is 19.4 Å². The van der Waals surface area contributed by atoms with E-state index in [4.69, 9.17) is 0 Å². The van der Waals surface area contributed by atoms with E-state index in [1.165, 1.54) is 25.1 Å². The van der Waals surface area contributed by atoms with Crippen molar-refractivity contribution in [1.29, 1.82) is 0 Å². The second-order valence-electron chi connectivity index (χ2n) is 5.67. The molecule has 0 aliphatic heterocycles. The van der Waals surface area contributed by atoms with Crippen LogP contribution in [-0.4, -0.2) is 31.2 Å². The fraction of sp³-hybridized carbons (Fsp3) is 0.278. The Hall–Kier alpha value is -2.25. The molecule has 0 heterocycles. The molecule has 0 saturated heterocycles. The third-order valence-corrected chi connectivity index (χ3v) is 5.94. The van der Waals surface area contributed by atoms with Gasteiger partial charge in [0.25, 0.3) is 0 Å². The van der Waals surface area contributed by atoms with Gasteiger partial charge in [0.2, 0.25) is 15.9 Å². The summed E-state index contributed by atoms with van der Waals surface area (Å²) >= 11 is 0. The van der Waals surface area contributed by atoms with Crippen LogP contribution in [-0.2, 0) is 14.8 Å². The summed E-state index contributed by atoms with van der Waals surface area (Å²) in [6.07, 6.45) is 0. The SMILES string of the molecule is CCN([C@H](C)C(=O)Nc1ccc(C)cc1)S(=O)(=O)c1ccccc1F. The highest BCUT2D eigenvalue weighted by molar-refractivity contribution is 7.89. The number of likely N-dealkylation sites (N-methyl/N-ethyl adjacent to an activating group) is 1. The van der Waals surface area contributed by atoms with Crippen LogP contribution < -0.4 is 5.32 Å². The van der Waals surface area contributed by atoms with Crippen molar-refractivity contribution in [2.45, 2.75) is 31.7 Å². The predicted molar refractivity (Wildman–Crippen MR) is 95.2 cm³/mol. The van der Waals surface area contributed by atoms with Gasteiger partial charge < -0.3 is 5.32 Å². The zero-order valence-electron chi connectivity index (χ0n) is 14.4. The summed E-state index contributed by atoms with van der Waals surface area (Å²) in [7, 11) is -4.13. The summed E-state index contributed by atoms with van der Waals surface area (Å²) in [6.45, 7) is 5.05. The number of carbonyl (C=O) groups excluding carboxylic acids is 1. The number of carbonyl (C=O) groups is 1. The minimum Gasteiger partial charge on any atom is -0.325 e. The van der Waals surface area contributed by atoms with Crippen LogP contribution >= 0.6 is 0 Å². The van der Waals surface area contributed by atoms with Crippen LogP contribution in [0.2, 0.25) is 0 Å². The smallest absolute Gasteiger partial charge is 0.246 e. The largest absolute Gasteiger partial charge is 0.325 e. The molecule has 2 aromatic carbocycles. The monoisotopic (exact) mass is 364 g/mol. The molecule has 25 heavy (non-hydrogen) atoms. The number of sulfonamides is 1. The quantitative estimate of drug-likeness (QED) is 0.856. The molecule has 0 saturated carbocycles. The van der Waals surface area contributed by atoms with E-state index in [0.29, 0.717) is 5.69 Å². The number of nitrogens with one attached hydrogen (secondary N) is 1. The Morgan fingerprint density at radius 3 is 2.32 bits per heavy atom. The molecule has 0 spiro atoms. The van der Waals surface area contributed by atoms with E-state index >= 15 is 0 Å². The van der Waals surface area contributed by atoms with Crippen molar-refractivity contribution in [3.05, 3.63) is 59.9 Å². The van der Waals surface area contributed by atoms with Gasteiger partial charge in [-0.1, -0.05) is 36.8 Å². The van der Waals surface area contributed by atoms with Crippen molar-refractivity contribution >= 4 is 21.6 Å². The lowest BCUT2D eigenvalue weighted by Gasteiger charge is -2.26. The van der Waals surface area contributed by atoms with E-state index < -0.39 is 32.7 Å². The van der Waals surface area contributed by atoms with Gasteiger partial charge in [0, 0.05) is 12.2 Å². The second-order valence-corrected chi connectivity index (χ2v) is 7.53. The van der Waals surface area contributed by atoms with Crippen molar-refractivity contribution < 1.29 is 17.6 Å². The molecule has 0 aliphatic carbocycles. The molecular weight excluding hydrogens is 343 g/mol. The van der Waals surface area contributed by atoms with Crippen LogP contribution in [0.25, 0.3) is 0 Å². The van der Waals surface area contributed by atoms with Gasteiger partial charge in [-0.05, 0) is 38.1 Å². The van der Waals surface area contributed by atoms with Gasteiger partial charge in [0.1, 0.15) is 16.8 Å². The molecule has 1 atom stereocenters. The molecular formula is C18H21FN2O3S. The summed E-state index contributed by atoms with van der Waals surface area (Å²) in [5.74, 6) is -1.32. The maximum Gasteiger partial charge on any atom is 0.246 e. The van der Waals surface area contributed by atoms with E-state index in [2.05, 4.69) is 5.32 Å². The third-order valence-electron chi connectivity index (χ3n) is 3.87. The maximum atomic E-state index is 13.9. The van der Waals surface area contributed by atoms with E-state index in [1.807, 2.05) is 19.1 Å². The summed E-state index contributed by atoms with van der Waals surface area (Å²) in [4.78, 5) is 12.0. The zero-order chi connectivity index (χ0) is 18.6. The summed E-state index contributed by atoms with van der Waals surface area (Å²) in [5.41, 5.74) is 1.62. The number of rotatable bonds is 6. The predicted octanol–water partition coefficient (Wildman–Crippen LogP) is 3.17. The van der Waals surface area contributed by atoms with Crippen LogP contribution in [0, 0.1) is 12.7 Å². The highest BCUT2D eigenvalue weighted by Crippen LogP contribution is 2.21. The molecule has 1 amide bonds. The molecule has 0 aromatic heterocycles.